The first-order valence-electron chi connectivity index (χ1n) is 10.6. The van der Waals surface area contributed by atoms with Gasteiger partial charge in [0.1, 0.15) is 5.82 Å². The summed E-state index contributed by atoms with van der Waals surface area (Å²) in [5.41, 5.74) is 2.02. The van der Waals surface area contributed by atoms with Gasteiger partial charge in [0, 0.05) is 49.6 Å². The highest BCUT2D eigenvalue weighted by Crippen LogP contribution is 2.34. The second-order valence-electron chi connectivity index (χ2n) is 8.34. The molecule has 4 heterocycles. The maximum Gasteiger partial charge on any atom is 0.256 e. The molecule has 0 radical (unpaired) electrons. The topological polar surface area (TPSA) is 80.0 Å². The van der Waals surface area contributed by atoms with E-state index in [0.29, 0.717) is 47.5 Å². The van der Waals surface area contributed by atoms with Crippen molar-refractivity contribution in [2.45, 2.75) is 0 Å². The van der Waals surface area contributed by atoms with E-state index in [-0.39, 0.29) is 11.7 Å². The van der Waals surface area contributed by atoms with Gasteiger partial charge >= 0.3 is 0 Å². The molecule has 6 rings (SSSR count). The molecule has 2 aliphatic rings. The molecule has 8 nitrogen and oxygen atoms in total. The van der Waals surface area contributed by atoms with E-state index in [2.05, 4.69) is 25.1 Å². The molecule has 0 aliphatic carbocycles. The van der Waals surface area contributed by atoms with Crippen LogP contribution in [-0.4, -0.2) is 61.9 Å². The minimum Gasteiger partial charge on any atom is -0.340 e. The Morgan fingerprint density at radius 2 is 1.72 bits per heavy atom. The molecule has 4 aromatic rings. The number of carbonyl (C=O) groups excluding carboxylic acids is 1. The van der Waals surface area contributed by atoms with E-state index in [4.69, 9.17) is 0 Å². The number of fused-ring (bicyclic) bond motifs is 2. The van der Waals surface area contributed by atoms with Crippen LogP contribution >= 0.6 is 0 Å². The lowest BCUT2D eigenvalue weighted by Gasteiger charge is -2.22. The number of amides is 1. The lowest BCUT2D eigenvalue weighted by atomic mass is 10.0. The fraction of sp³-hybridized carbons (Fsp3) is 0.261. The highest BCUT2D eigenvalue weighted by Gasteiger charge is 2.42. The minimum atomic E-state index is -0.292. The third-order valence-corrected chi connectivity index (χ3v) is 6.35. The van der Waals surface area contributed by atoms with Crippen LogP contribution in [0, 0.1) is 17.7 Å². The number of aromatic nitrogens is 5. The fourth-order valence-corrected chi connectivity index (χ4v) is 4.81. The van der Waals surface area contributed by atoms with Crippen molar-refractivity contribution in [1.29, 1.82) is 0 Å². The van der Waals surface area contributed by atoms with Crippen molar-refractivity contribution in [2.75, 3.05) is 31.1 Å². The van der Waals surface area contributed by atoms with E-state index in [9.17, 15) is 9.18 Å². The van der Waals surface area contributed by atoms with Crippen molar-refractivity contribution in [3.05, 3.63) is 72.4 Å². The summed E-state index contributed by atoms with van der Waals surface area (Å²) >= 11 is 0. The number of carbonyl (C=O) groups is 1. The molecule has 2 fully saturated rings. The van der Waals surface area contributed by atoms with E-state index in [1.165, 1.54) is 16.9 Å². The summed E-state index contributed by atoms with van der Waals surface area (Å²) in [5.74, 6) is 1.09. The Bertz CT molecular complexity index is 1290. The van der Waals surface area contributed by atoms with Gasteiger partial charge in [0.05, 0.1) is 29.2 Å². The monoisotopic (exact) mass is 429 g/mol. The van der Waals surface area contributed by atoms with Crippen molar-refractivity contribution in [2.24, 2.45) is 11.8 Å². The van der Waals surface area contributed by atoms with Gasteiger partial charge in [-0.3, -0.25) is 4.79 Å². The number of halogens is 1. The molecule has 1 amide bonds. The normalized spacial score (nSPS) is 20.2. The first-order chi connectivity index (χ1) is 15.7. The number of para-hydroxylation sites is 1. The van der Waals surface area contributed by atoms with Crippen LogP contribution in [-0.2, 0) is 0 Å². The van der Waals surface area contributed by atoms with Gasteiger partial charge < -0.3 is 9.80 Å². The van der Waals surface area contributed by atoms with Gasteiger partial charge in [-0.2, -0.15) is 15.0 Å². The van der Waals surface area contributed by atoms with E-state index >= 15 is 0 Å². The molecule has 0 saturated carbocycles. The van der Waals surface area contributed by atoms with Gasteiger partial charge in [-0.15, -0.1) is 0 Å². The van der Waals surface area contributed by atoms with E-state index in [0.717, 1.165) is 18.6 Å². The molecule has 0 bridgehead atoms. The maximum absolute atomic E-state index is 13.4. The van der Waals surface area contributed by atoms with Gasteiger partial charge in [-0.1, -0.05) is 12.1 Å². The predicted molar refractivity (Wildman–Crippen MR) is 116 cm³/mol. The van der Waals surface area contributed by atoms with E-state index in [1.807, 2.05) is 29.2 Å². The third-order valence-electron chi connectivity index (χ3n) is 6.35. The molecule has 0 N–H and O–H groups in total. The largest absolute Gasteiger partial charge is 0.340 e. The number of hydrogen-bond acceptors (Lipinski definition) is 6. The molecule has 9 heteroatoms. The van der Waals surface area contributed by atoms with E-state index < -0.39 is 0 Å². The standard InChI is InChI=1S/C23H20FN7O/c24-18-5-6-20-15(9-18)10-25-23(28-20)30-13-16-11-29(12-17(16)14-30)22(32)19-3-1-2-4-21(19)31-26-7-8-27-31/h1-10,16-17H,11-14H2. The predicted octanol–water partition coefficient (Wildman–Crippen LogP) is 2.56. The molecule has 32 heavy (non-hydrogen) atoms. The molecule has 0 spiro atoms. The van der Waals surface area contributed by atoms with Gasteiger partial charge in [0.25, 0.3) is 5.91 Å². The van der Waals surface area contributed by atoms with Crippen LogP contribution in [0.25, 0.3) is 16.6 Å². The lowest BCUT2D eigenvalue weighted by Crippen LogP contribution is -2.34. The molecule has 2 aromatic carbocycles. The summed E-state index contributed by atoms with van der Waals surface area (Å²) in [6, 6.07) is 12.0. The molecule has 2 aromatic heterocycles. The number of hydrogen-bond donors (Lipinski definition) is 0. The zero-order valence-electron chi connectivity index (χ0n) is 17.2. The van der Waals surface area contributed by atoms with Crippen molar-refractivity contribution in [3.8, 4) is 5.69 Å². The van der Waals surface area contributed by atoms with E-state index in [1.54, 1.807) is 24.7 Å². The Morgan fingerprint density at radius 1 is 0.969 bits per heavy atom. The van der Waals surface area contributed by atoms with Crippen LogP contribution in [0.3, 0.4) is 0 Å². The van der Waals surface area contributed by atoms with Crippen LogP contribution in [0.15, 0.2) is 61.1 Å². The van der Waals surface area contributed by atoms with Crippen LogP contribution in [0.2, 0.25) is 0 Å². The quantitative estimate of drug-likeness (QED) is 0.498. The summed E-state index contributed by atoms with van der Waals surface area (Å²) < 4.78 is 13.4. The van der Waals surface area contributed by atoms with Crippen LogP contribution < -0.4 is 4.90 Å². The van der Waals surface area contributed by atoms with Crippen LogP contribution in [0.5, 0.6) is 0 Å². The third kappa shape index (κ3) is 3.17. The van der Waals surface area contributed by atoms with Crippen molar-refractivity contribution in [1.82, 2.24) is 29.9 Å². The van der Waals surface area contributed by atoms with Crippen molar-refractivity contribution >= 4 is 22.8 Å². The summed E-state index contributed by atoms with van der Waals surface area (Å²) in [4.78, 5) is 28.0. The second-order valence-corrected chi connectivity index (χ2v) is 8.34. The van der Waals surface area contributed by atoms with Crippen LogP contribution in [0.1, 0.15) is 10.4 Å². The van der Waals surface area contributed by atoms with Gasteiger partial charge in [0.2, 0.25) is 5.95 Å². The highest BCUT2D eigenvalue weighted by molar-refractivity contribution is 5.98. The molecular formula is C23H20FN7O. The first kappa shape index (κ1) is 18.9. The van der Waals surface area contributed by atoms with Crippen LogP contribution in [0.4, 0.5) is 10.3 Å². The zero-order valence-corrected chi connectivity index (χ0v) is 17.2. The second kappa shape index (κ2) is 7.37. The number of nitrogens with zero attached hydrogens (tertiary/aromatic N) is 7. The number of anilines is 1. The summed E-state index contributed by atoms with van der Waals surface area (Å²) in [7, 11) is 0. The zero-order chi connectivity index (χ0) is 21.7. The molecule has 2 saturated heterocycles. The molecular weight excluding hydrogens is 409 g/mol. The SMILES string of the molecule is O=C(c1ccccc1-n1nccn1)N1CC2CN(c3ncc4cc(F)ccc4n3)CC2C1. The molecule has 2 unspecified atom stereocenters. The van der Waals surface area contributed by atoms with Crippen molar-refractivity contribution < 1.29 is 9.18 Å². The average molecular weight is 429 g/mol. The molecule has 2 atom stereocenters. The number of rotatable bonds is 3. The Balaban J connectivity index is 1.18. The minimum absolute atomic E-state index is 0.00262. The van der Waals surface area contributed by atoms with Gasteiger partial charge in [-0.05, 0) is 30.3 Å². The smallest absolute Gasteiger partial charge is 0.256 e. The summed E-state index contributed by atoms with van der Waals surface area (Å²) in [6.45, 7) is 2.98. The number of benzene rings is 2. The first-order valence-corrected chi connectivity index (χ1v) is 10.6. The summed E-state index contributed by atoms with van der Waals surface area (Å²) in [5, 5.41) is 9.04. The van der Waals surface area contributed by atoms with Gasteiger partial charge in [-0.25, -0.2) is 14.4 Å². The summed E-state index contributed by atoms with van der Waals surface area (Å²) in [6.07, 6.45) is 4.87. The Labute approximate surface area is 183 Å². The molecule has 160 valence electrons. The van der Waals surface area contributed by atoms with Crippen molar-refractivity contribution in [3.63, 3.8) is 0 Å². The highest BCUT2D eigenvalue weighted by atomic mass is 19.1. The average Bonchev–Trinajstić information content (AvgIpc) is 3.55. The Kier molecular flexibility index (Phi) is 4.34. The Hall–Kier alpha value is -3.88. The molecule has 2 aliphatic heterocycles. The number of likely N-dealkylation sites (tertiary alicyclic amines) is 1. The lowest BCUT2D eigenvalue weighted by molar-refractivity contribution is 0.0782. The fourth-order valence-electron chi connectivity index (χ4n) is 4.81. The maximum atomic E-state index is 13.4. The van der Waals surface area contributed by atoms with Gasteiger partial charge in [0.15, 0.2) is 0 Å². The Morgan fingerprint density at radius 3 is 2.50 bits per heavy atom.